The molecule has 0 aliphatic heterocycles. The molecule has 17 heavy (non-hydrogen) atoms. The molecule has 0 spiro atoms. The van der Waals surface area contributed by atoms with Gasteiger partial charge in [-0.1, -0.05) is 12.5 Å². The van der Waals surface area contributed by atoms with Gasteiger partial charge >= 0.3 is 12.1 Å². The summed E-state index contributed by atoms with van der Waals surface area (Å²) >= 11 is 0. The summed E-state index contributed by atoms with van der Waals surface area (Å²) in [5.41, 5.74) is 6.35. The zero-order chi connectivity index (χ0) is 13.3. The van der Waals surface area contributed by atoms with E-state index in [0.29, 0.717) is 0 Å². The molecule has 0 rings (SSSR count). The Kier molecular flexibility index (Phi) is 7.79. The minimum absolute atomic E-state index is 0.129. The molecule has 0 fully saturated rings. The quantitative estimate of drug-likeness (QED) is 0.765. The molecule has 0 saturated heterocycles. The molecule has 0 bridgehead atoms. The monoisotopic (exact) mass is 243 g/mol. The highest BCUT2D eigenvalue weighted by Crippen LogP contribution is 1.98. The summed E-state index contributed by atoms with van der Waals surface area (Å²) in [7, 11) is 0. The van der Waals surface area contributed by atoms with Crippen molar-refractivity contribution in [3.05, 3.63) is 11.8 Å². The fourth-order valence-corrected chi connectivity index (χ4v) is 0.971. The van der Waals surface area contributed by atoms with Crippen molar-refractivity contribution < 1.29 is 14.3 Å². The highest BCUT2D eigenvalue weighted by Gasteiger charge is 2.20. The van der Waals surface area contributed by atoms with E-state index >= 15 is 0 Å². The molecule has 0 saturated carbocycles. The van der Waals surface area contributed by atoms with Crippen LogP contribution in [-0.2, 0) is 4.74 Å². The van der Waals surface area contributed by atoms with Crippen LogP contribution in [0.5, 0.6) is 0 Å². The van der Waals surface area contributed by atoms with Gasteiger partial charge in [0.1, 0.15) is 0 Å². The minimum Gasteiger partial charge on any atom is -0.449 e. The molecular formula is C11H21N3O3. The lowest BCUT2D eigenvalue weighted by Crippen LogP contribution is -2.45. The minimum atomic E-state index is -0.682. The van der Waals surface area contributed by atoms with Crippen LogP contribution >= 0.6 is 0 Å². The van der Waals surface area contributed by atoms with Crippen molar-refractivity contribution in [2.24, 2.45) is 5.73 Å². The number of nitrogens with one attached hydrogen (secondary N) is 1. The van der Waals surface area contributed by atoms with Gasteiger partial charge in [0.2, 0.25) is 0 Å². The number of carbonyl (C=O) groups is 2. The van der Waals surface area contributed by atoms with Gasteiger partial charge in [0.25, 0.3) is 0 Å². The third-order valence-electron chi connectivity index (χ3n) is 2.09. The van der Waals surface area contributed by atoms with E-state index in [1.165, 1.54) is 0 Å². The Balaban J connectivity index is 4.49. The van der Waals surface area contributed by atoms with Gasteiger partial charge in [-0.3, -0.25) is 0 Å². The van der Waals surface area contributed by atoms with E-state index in [4.69, 9.17) is 10.5 Å². The fourth-order valence-electron chi connectivity index (χ4n) is 0.971. The Morgan fingerprint density at radius 1 is 1.41 bits per heavy atom. The van der Waals surface area contributed by atoms with Crippen molar-refractivity contribution in [1.82, 2.24) is 10.2 Å². The van der Waals surface area contributed by atoms with Crippen LogP contribution in [0.25, 0.3) is 0 Å². The molecule has 0 heterocycles. The van der Waals surface area contributed by atoms with Crippen LogP contribution in [0.2, 0.25) is 0 Å². The molecule has 6 nitrogen and oxygen atoms in total. The Morgan fingerprint density at radius 3 is 2.53 bits per heavy atom. The average Bonchev–Trinajstić information content (AvgIpc) is 2.32. The van der Waals surface area contributed by atoms with Crippen molar-refractivity contribution in [3.63, 3.8) is 0 Å². The maximum atomic E-state index is 11.7. The van der Waals surface area contributed by atoms with Crippen LogP contribution in [0.1, 0.15) is 27.2 Å². The Labute approximate surface area is 102 Å². The molecule has 3 amide bonds. The standard InChI is InChI=1S/C11H21N3O3/c1-4-9(3)8-13-10(15)14(7-6-12)11(16)17-5-2/h8H,4-7,12H2,1-3H3,(H,13,15)/b9-8+. The van der Waals surface area contributed by atoms with Crippen molar-refractivity contribution in [3.8, 4) is 0 Å². The van der Waals surface area contributed by atoms with Crippen LogP contribution in [0.4, 0.5) is 9.59 Å². The molecule has 0 aromatic rings. The maximum absolute atomic E-state index is 11.7. The Hall–Kier alpha value is -1.56. The first-order valence-electron chi connectivity index (χ1n) is 5.67. The first kappa shape index (κ1) is 15.4. The van der Waals surface area contributed by atoms with Gasteiger partial charge in [0, 0.05) is 19.3 Å². The molecule has 0 aliphatic carbocycles. The van der Waals surface area contributed by atoms with Gasteiger partial charge in [-0.25, -0.2) is 14.5 Å². The van der Waals surface area contributed by atoms with Gasteiger partial charge < -0.3 is 15.8 Å². The zero-order valence-corrected chi connectivity index (χ0v) is 10.7. The summed E-state index contributed by atoms with van der Waals surface area (Å²) < 4.78 is 4.76. The average molecular weight is 243 g/mol. The number of amides is 3. The van der Waals surface area contributed by atoms with Crippen molar-refractivity contribution in [1.29, 1.82) is 0 Å². The summed E-state index contributed by atoms with van der Waals surface area (Å²) in [4.78, 5) is 24.1. The SMILES string of the molecule is CCOC(=O)N(CCN)C(=O)N/C=C(\C)CC. The first-order chi connectivity index (χ1) is 8.06. The number of imide groups is 1. The molecular weight excluding hydrogens is 222 g/mol. The van der Waals surface area contributed by atoms with Crippen molar-refractivity contribution in [2.45, 2.75) is 27.2 Å². The van der Waals surface area contributed by atoms with Gasteiger partial charge in [0.15, 0.2) is 0 Å². The second-order valence-corrected chi connectivity index (χ2v) is 3.43. The smallest absolute Gasteiger partial charge is 0.418 e. The van der Waals surface area contributed by atoms with E-state index in [-0.39, 0.29) is 19.7 Å². The summed E-state index contributed by atoms with van der Waals surface area (Å²) in [6, 6.07) is -0.526. The molecule has 0 radical (unpaired) electrons. The van der Waals surface area contributed by atoms with Crippen molar-refractivity contribution in [2.75, 3.05) is 19.7 Å². The number of hydrogen-bond acceptors (Lipinski definition) is 4. The van der Waals surface area contributed by atoms with Crippen LogP contribution in [0, 0.1) is 0 Å². The number of ether oxygens (including phenoxy) is 1. The molecule has 0 aromatic carbocycles. The summed E-state index contributed by atoms with van der Waals surface area (Å²) in [5.74, 6) is 0. The second-order valence-electron chi connectivity index (χ2n) is 3.43. The molecule has 3 N–H and O–H groups in total. The van der Waals surface area contributed by atoms with E-state index in [1.807, 2.05) is 13.8 Å². The lowest BCUT2D eigenvalue weighted by atomic mass is 10.3. The molecule has 6 heteroatoms. The van der Waals surface area contributed by atoms with Crippen LogP contribution in [0.3, 0.4) is 0 Å². The van der Waals surface area contributed by atoms with Gasteiger partial charge in [-0.15, -0.1) is 0 Å². The number of allylic oxidation sites excluding steroid dienone is 1. The number of hydrogen-bond donors (Lipinski definition) is 2. The fraction of sp³-hybridized carbons (Fsp3) is 0.636. The van der Waals surface area contributed by atoms with E-state index in [1.54, 1.807) is 13.1 Å². The largest absolute Gasteiger partial charge is 0.449 e. The molecule has 0 aromatic heterocycles. The van der Waals surface area contributed by atoms with Gasteiger partial charge in [-0.2, -0.15) is 0 Å². The predicted octanol–water partition coefficient (Wildman–Crippen LogP) is 1.43. The third kappa shape index (κ3) is 5.91. The third-order valence-corrected chi connectivity index (χ3v) is 2.09. The van der Waals surface area contributed by atoms with Crippen molar-refractivity contribution >= 4 is 12.1 Å². The topological polar surface area (TPSA) is 84.7 Å². The second kappa shape index (κ2) is 8.58. The highest BCUT2D eigenvalue weighted by atomic mass is 16.6. The first-order valence-corrected chi connectivity index (χ1v) is 5.67. The Morgan fingerprint density at radius 2 is 2.06 bits per heavy atom. The van der Waals surface area contributed by atoms with E-state index in [0.717, 1.165) is 16.9 Å². The number of rotatable bonds is 5. The van der Waals surface area contributed by atoms with E-state index in [9.17, 15) is 9.59 Å². The highest BCUT2D eigenvalue weighted by molar-refractivity contribution is 5.91. The zero-order valence-electron chi connectivity index (χ0n) is 10.7. The normalized spacial score (nSPS) is 10.9. The molecule has 0 aliphatic rings. The summed E-state index contributed by atoms with van der Waals surface area (Å²) in [6.45, 7) is 6.08. The number of nitrogens with zero attached hydrogens (tertiary/aromatic N) is 1. The Bertz CT molecular complexity index is 290. The van der Waals surface area contributed by atoms with Gasteiger partial charge in [-0.05, 0) is 20.3 Å². The van der Waals surface area contributed by atoms with Crippen LogP contribution in [-0.4, -0.2) is 36.7 Å². The number of urea groups is 1. The maximum Gasteiger partial charge on any atom is 0.418 e. The predicted molar refractivity (Wildman–Crippen MR) is 65.4 cm³/mol. The molecule has 0 unspecified atom stereocenters. The van der Waals surface area contributed by atoms with E-state index < -0.39 is 12.1 Å². The van der Waals surface area contributed by atoms with Gasteiger partial charge in [0.05, 0.1) is 6.61 Å². The summed E-state index contributed by atoms with van der Waals surface area (Å²) in [5, 5.41) is 2.53. The number of nitrogens with two attached hydrogens (primary N) is 1. The molecule has 98 valence electrons. The number of carbonyl (C=O) groups excluding carboxylic acids is 2. The lowest BCUT2D eigenvalue weighted by Gasteiger charge is -2.18. The summed E-state index contributed by atoms with van der Waals surface area (Å²) in [6.07, 6.45) is 1.72. The van der Waals surface area contributed by atoms with E-state index in [2.05, 4.69) is 5.32 Å². The van der Waals surface area contributed by atoms with Crippen LogP contribution in [0.15, 0.2) is 11.8 Å². The molecule has 0 atom stereocenters. The lowest BCUT2D eigenvalue weighted by molar-refractivity contribution is 0.116. The van der Waals surface area contributed by atoms with Crippen LogP contribution < -0.4 is 11.1 Å².